The Bertz CT molecular complexity index is 588. The van der Waals surface area contributed by atoms with E-state index in [1.54, 1.807) is 0 Å². The van der Waals surface area contributed by atoms with Crippen LogP contribution in [0.1, 0.15) is 65.7 Å². The number of ether oxygens (including phenoxy) is 1. The highest BCUT2D eigenvalue weighted by Gasteiger charge is 2.64. The zero-order chi connectivity index (χ0) is 18.7. The van der Waals surface area contributed by atoms with Crippen molar-refractivity contribution in [1.82, 2.24) is 0 Å². The molecule has 0 aliphatic heterocycles. The lowest BCUT2D eigenvalue weighted by molar-refractivity contribution is -0.201. The molecule has 4 heteroatoms. The molecule has 4 fully saturated rings. The van der Waals surface area contributed by atoms with Crippen molar-refractivity contribution in [1.29, 1.82) is 5.26 Å². The Kier molecular flexibility index (Phi) is 4.66. The first-order valence-electron chi connectivity index (χ1n) is 10.7. The molecular formula is C22H35NO3. The predicted octanol–water partition coefficient (Wildman–Crippen LogP) is 3.52. The summed E-state index contributed by atoms with van der Waals surface area (Å²) in [5.41, 5.74) is 0.0134. The molecular weight excluding hydrogens is 326 g/mol. The molecule has 2 N–H and O–H groups in total. The van der Waals surface area contributed by atoms with E-state index in [1.165, 1.54) is 0 Å². The molecule has 4 aliphatic carbocycles. The Labute approximate surface area is 157 Å². The van der Waals surface area contributed by atoms with Gasteiger partial charge in [-0.25, -0.2) is 0 Å². The van der Waals surface area contributed by atoms with Crippen LogP contribution in [0.25, 0.3) is 0 Å². The number of nitriles is 1. The van der Waals surface area contributed by atoms with Crippen LogP contribution >= 0.6 is 0 Å². The Balaban J connectivity index is 1.65. The number of fused-ring (bicyclic) bond motifs is 5. The van der Waals surface area contributed by atoms with E-state index in [9.17, 15) is 15.5 Å². The minimum Gasteiger partial charge on any atom is -0.393 e. The van der Waals surface area contributed by atoms with Gasteiger partial charge in [0.05, 0.1) is 30.3 Å². The van der Waals surface area contributed by atoms with E-state index in [0.717, 1.165) is 44.9 Å². The number of aliphatic hydroxyl groups is 2. The Morgan fingerprint density at radius 1 is 1.04 bits per heavy atom. The van der Waals surface area contributed by atoms with Gasteiger partial charge >= 0.3 is 0 Å². The zero-order valence-corrected chi connectivity index (χ0v) is 16.5. The fraction of sp³-hybridized carbons (Fsp3) is 0.955. The normalized spacial score (nSPS) is 56.2. The van der Waals surface area contributed by atoms with Crippen molar-refractivity contribution in [2.24, 2.45) is 40.4 Å². The second kappa shape index (κ2) is 6.47. The summed E-state index contributed by atoms with van der Waals surface area (Å²) in [6.07, 6.45) is 6.05. The van der Waals surface area contributed by atoms with Crippen LogP contribution in [0.15, 0.2) is 0 Å². The predicted molar refractivity (Wildman–Crippen MR) is 99.0 cm³/mol. The smallest absolute Gasteiger partial charge is 0.0839 e. The van der Waals surface area contributed by atoms with Crippen molar-refractivity contribution < 1.29 is 14.9 Å². The molecule has 0 spiro atoms. The molecule has 3 unspecified atom stereocenters. The lowest BCUT2D eigenvalue weighted by Gasteiger charge is -2.62. The van der Waals surface area contributed by atoms with Gasteiger partial charge in [-0.05, 0) is 86.4 Å². The number of rotatable bonds is 2. The molecule has 4 saturated carbocycles. The van der Waals surface area contributed by atoms with E-state index < -0.39 is 0 Å². The van der Waals surface area contributed by atoms with Gasteiger partial charge in [-0.15, -0.1) is 0 Å². The number of hydrogen-bond acceptors (Lipinski definition) is 4. The van der Waals surface area contributed by atoms with E-state index in [2.05, 4.69) is 19.9 Å². The van der Waals surface area contributed by atoms with Gasteiger partial charge in [-0.3, -0.25) is 0 Å². The maximum Gasteiger partial charge on any atom is 0.0839 e. The van der Waals surface area contributed by atoms with Crippen LogP contribution in [0.3, 0.4) is 0 Å². The minimum absolute atomic E-state index is 0.0218. The molecule has 0 aromatic heterocycles. The van der Waals surface area contributed by atoms with Crippen LogP contribution in [0.2, 0.25) is 0 Å². The quantitative estimate of drug-likeness (QED) is 0.789. The summed E-state index contributed by atoms with van der Waals surface area (Å²) in [5, 5.41) is 31.5. The average molecular weight is 362 g/mol. The number of nitrogens with zero attached hydrogens (tertiary/aromatic N) is 1. The molecule has 0 aromatic carbocycles. The first-order valence-corrected chi connectivity index (χ1v) is 10.7. The van der Waals surface area contributed by atoms with Crippen molar-refractivity contribution in [3.63, 3.8) is 0 Å². The fourth-order valence-corrected chi connectivity index (χ4v) is 7.98. The van der Waals surface area contributed by atoms with E-state index in [4.69, 9.17) is 4.74 Å². The third-order valence-corrected chi connectivity index (χ3v) is 9.13. The lowest BCUT2D eigenvalue weighted by atomic mass is 9.43. The second-order valence-electron chi connectivity index (χ2n) is 10.1. The summed E-state index contributed by atoms with van der Waals surface area (Å²) in [6.45, 7) is 7.24. The SMILES string of the molecule is CCO[C@H]1C[C@@]2(C)C(CC[C@@H]3C2[C@@H](O)C[C@@]2(C)C3CC[C@H]2C#N)C[C@@H]1O. The van der Waals surface area contributed by atoms with Crippen molar-refractivity contribution in [3.8, 4) is 6.07 Å². The average Bonchev–Trinajstić information content (AvgIpc) is 2.91. The van der Waals surface area contributed by atoms with Crippen LogP contribution in [-0.4, -0.2) is 35.1 Å². The van der Waals surface area contributed by atoms with Crippen molar-refractivity contribution in [3.05, 3.63) is 0 Å². The van der Waals surface area contributed by atoms with Gasteiger partial charge in [-0.2, -0.15) is 5.26 Å². The molecule has 4 rings (SSSR count). The van der Waals surface area contributed by atoms with E-state index in [0.29, 0.717) is 24.4 Å². The molecule has 26 heavy (non-hydrogen) atoms. The number of aliphatic hydroxyl groups excluding tert-OH is 2. The molecule has 0 bridgehead atoms. The first-order chi connectivity index (χ1) is 12.3. The van der Waals surface area contributed by atoms with Crippen molar-refractivity contribution in [2.45, 2.75) is 84.0 Å². The van der Waals surface area contributed by atoms with Crippen LogP contribution in [0.5, 0.6) is 0 Å². The van der Waals surface area contributed by atoms with Gasteiger partial charge in [0.25, 0.3) is 0 Å². The highest BCUT2D eigenvalue weighted by atomic mass is 16.5. The van der Waals surface area contributed by atoms with Crippen molar-refractivity contribution >= 4 is 0 Å². The maximum atomic E-state index is 11.3. The molecule has 10 atom stereocenters. The standard InChI is InChI=1S/C22H35NO3/c1-4-26-19-11-22(3)13(9-17(19)24)5-7-15-16-8-6-14(12-23)21(16,2)10-18(25)20(15)22/h13-20,24-25H,4-11H2,1-3H3/t13?,14-,15-,16?,17-,18-,19-,20?,21+,22-/m0/s1. The summed E-state index contributed by atoms with van der Waals surface area (Å²) in [7, 11) is 0. The summed E-state index contributed by atoms with van der Waals surface area (Å²) < 4.78 is 5.89. The molecule has 146 valence electrons. The van der Waals surface area contributed by atoms with E-state index >= 15 is 0 Å². The van der Waals surface area contributed by atoms with Gasteiger partial charge in [-0.1, -0.05) is 13.8 Å². The van der Waals surface area contributed by atoms with Crippen LogP contribution in [0, 0.1) is 51.8 Å². The highest BCUT2D eigenvalue weighted by molar-refractivity contribution is 5.15. The summed E-state index contributed by atoms with van der Waals surface area (Å²) in [6, 6.07) is 2.55. The molecule has 0 heterocycles. The van der Waals surface area contributed by atoms with Gasteiger partial charge < -0.3 is 14.9 Å². The molecule has 4 aliphatic rings. The van der Waals surface area contributed by atoms with Gasteiger partial charge in [0.1, 0.15) is 0 Å². The molecule has 4 nitrogen and oxygen atoms in total. The second-order valence-corrected chi connectivity index (χ2v) is 10.1. The van der Waals surface area contributed by atoms with E-state index in [-0.39, 0.29) is 41.0 Å². The zero-order valence-electron chi connectivity index (χ0n) is 16.5. The lowest BCUT2D eigenvalue weighted by Crippen LogP contribution is -2.61. The third kappa shape index (κ3) is 2.50. The molecule has 0 aromatic rings. The summed E-state index contributed by atoms with van der Waals surface area (Å²) >= 11 is 0. The van der Waals surface area contributed by atoms with Crippen LogP contribution in [-0.2, 0) is 4.74 Å². The molecule has 0 saturated heterocycles. The van der Waals surface area contributed by atoms with E-state index in [1.807, 2.05) is 6.92 Å². The van der Waals surface area contributed by atoms with Crippen molar-refractivity contribution in [2.75, 3.05) is 6.61 Å². The Hall–Kier alpha value is -0.630. The van der Waals surface area contributed by atoms with Gasteiger partial charge in [0, 0.05) is 6.61 Å². The highest BCUT2D eigenvalue weighted by Crippen LogP contribution is 2.67. The topological polar surface area (TPSA) is 73.5 Å². The van der Waals surface area contributed by atoms with Crippen LogP contribution in [0.4, 0.5) is 0 Å². The van der Waals surface area contributed by atoms with Crippen LogP contribution < -0.4 is 0 Å². The molecule has 0 amide bonds. The minimum atomic E-state index is -0.370. The third-order valence-electron chi connectivity index (χ3n) is 9.13. The Morgan fingerprint density at radius 2 is 1.81 bits per heavy atom. The summed E-state index contributed by atoms with van der Waals surface area (Å²) in [4.78, 5) is 0. The summed E-state index contributed by atoms with van der Waals surface area (Å²) in [5.74, 6) is 1.93. The first kappa shape index (κ1) is 18.7. The number of hydrogen-bond donors (Lipinski definition) is 2. The maximum absolute atomic E-state index is 11.3. The van der Waals surface area contributed by atoms with Gasteiger partial charge in [0.15, 0.2) is 0 Å². The monoisotopic (exact) mass is 361 g/mol. The van der Waals surface area contributed by atoms with Gasteiger partial charge in [0.2, 0.25) is 0 Å². The Morgan fingerprint density at radius 3 is 2.50 bits per heavy atom. The molecule has 0 radical (unpaired) electrons. The largest absolute Gasteiger partial charge is 0.393 e. The fourth-order valence-electron chi connectivity index (χ4n) is 7.98.